The predicted octanol–water partition coefficient (Wildman–Crippen LogP) is 2.52. The third kappa shape index (κ3) is 2.48. The number of fused-ring (bicyclic) bond motifs is 1. The van der Waals surface area contributed by atoms with Crippen LogP contribution in [0.1, 0.15) is 24.6 Å². The molecule has 0 unspecified atom stereocenters. The summed E-state index contributed by atoms with van der Waals surface area (Å²) < 4.78 is 11.8. The van der Waals surface area contributed by atoms with Crippen molar-refractivity contribution in [1.82, 2.24) is 4.90 Å². The molecule has 0 aliphatic carbocycles. The van der Waals surface area contributed by atoms with Gasteiger partial charge in [0.1, 0.15) is 6.10 Å². The molecular weight excluding hydrogens is 246 g/mol. The van der Waals surface area contributed by atoms with E-state index in [1.807, 2.05) is 11.3 Å². The Hall–Kier alpha value is -0.420. The van der Waals surface area contributed by atoms with Crippen molar-refractivity contribution in [2.24, 2.45) is 0 Å². The summed E-state index contributed by atoms with van der Waals surface area (Å²) in [5.74, 6) is 0. The quantitative estimate of drug-likeness (QED) is 0.836. The Balaban J connectivity index is 1.70. The molecule has 3 heterocycles. The molecule has 0 spiro atoms. The molecule has 2 aliphatic heterocycles. The van der Waals surface area contributed by atoms with E-state index in [9.17, 15) is 0 Å². The van der Waals surface area contributed by atoms with Crippen LogP contribution >= 0.6 is 11.3 Å². The van der Waals surface area contributed by atoms with E-state index in [4.69, 9.17) is 9.47 Å². The lowest BCUT2D eigenvalue weighted by molar-refractivity contribution is -0.0749. The summed E-state index contributed by atoms with van der Waals surface area (Å²) >= 11 is 1.84. The second-order valence-corrected chi connectivity index (χ2v) is 6.08. The highest BCUT2D eigenvalue weighted by Gasteiger charge is 2.44. The first-order valence-corrected chi connectivity index (χ1v) is 7.76. The average molecular weight is 267 g/mol. The molecule has 2 saturated heterocycles. The Labute approximate surface area is 113 Å². The van der Waals surface area contributed by atoms with Crippen LogP contribution < -0.4 is 0 Å². The number of likely N-dealkylation sites (tertiary alicyclic amines) is 1. The van der Waals surface area contributed by atoms with Crippen LogP contribution in [-0.4, -0.2) is 42.9 Å². The molecular formula is C14H21NO2S. The normalized spacial score (nSPS) is 32.6. The van der Waals surface area contributed by atoms with Crippen molar-refractivity contribution in [2.75, 3.05) is 19.8 Å². The fourth-order valence-electron chi connectivity index (χ4n) is 3.15. The first kappa shape index (κ1) is 12.6. The van der Waals surface area contributed by atoms with Gasteiger partial charge in [-0.05, 0) is 31.2 Å². The molecule has 0 aromatic carbocycles. The van der Waals surface area contributed by atoms with E-state index in [0.717, 1.165) is 26.3 Å². The standard InChI is InChI=1S/C14H21NO2S/c1-2-16-13-10-15(9-11-5-4-8-18-11)12-6-3-7-17-14(12)13/h4-5,8,12-14H,2-3,6-7,9-10H2,1H3/t12-,13+,14+/m0/s1. The van der Waals surface area contributed by atoms with Gasteiger partial charge in [0.2, 0.25) is 0 Å². The van der Waals surface area contributed by atoms with Crippen LogP contribution in [0.25, 0.3) is 0 Å². The molecule has 0 amide bonds. The fraction of sp³-hybridized carbons (Fsp3) is 0.714. The van der Waals surface area contributed by atoms with E-state index < -0.39 is 0 Å². The van der Waals surface area contributed by atoms with E-state index in [2.05, 4.69) is 29.3 Å². The number of hydrogen-bond acceptors (Lipinski definition) is 4. The zero-order valence-corrected chi connectivity index (χ0v) is 11.7. The first-order chi connectivity index (χ1) is 8.88. The maximum absolute atomic E-state index is 5.95. The highest BCUT2D eigenvalue weighted by molar-refractivity contribution is 7.09. The van der Waals surface area contributed by atoms with Gasteiger partial charge >= 0.3 is 0 Å². The average Bonchev–Trinajstić information content (AvgIpc) is 3.00. The summed E-state index contributed by atoms with van der Waals surface area (Å²) in [4.78, 5) is 3.99. The van der Waals surface area contributed by atoms with Crippen LogP contribution in [0.5, 0.6) is 0 Å². The SMILES string of the molecule is CCO[C@@H]1CN(Cc2cccs2)[C@H]2CCCO[C@@H]12. The Morgan fingerprint density at radius 1 is 1.56 bits per heavy atom. The number of rotatable bonds is 4. The fourth-order valence-corrected chi connectivity index (χ4v) is 3.88. The lowest BCUT2D eigenvalue weighted by Crippen LogP contribution is -2.41. The number of ether oxygens (including phenoxy) is 2. The Morgan fingerprint density at radius 2 is 2.50 bits per heavy atom. The second kappa shape index (κ2) is 5.70. The molecule has 0 bridgehead atoms. The van der Waals surface area contributed by atoms with Gasteiger partial charge in [-0.15, -0.1) is 11.3 Å². The summed E-state index contributed by atoms with van der Waals surface area (Å²) in [6.07, 6.45) is 2.99. The van der Waals surface area contributed by atoms with E-state index in [1.165, 1.54) is 17.7 Å². The highest BCUT2D eigenvalue weighted by atomic mass is 32.1. The largest absolute Gasteiger partial charge is 0.374 e. The monoisotopic (exact) mass is 267 g/mol. The molecule has 0 saturated carbocycles. The zero-order chi connectivity index (χ0) is 12.4. The molecule has 4 heteroatoms. The first-order valence-electron chi connectivity index (χ1n) is 6.88. The van der Waals surface area contributed by atoms with E-state index in [0.29, 0.717) is 12.1 Å². The third-order valence-corrected chi connectivity index (χ3v) is 4.76. The molecule has 2 fully saturated rings. The molecule has 1 aromatic heterocycles. The van der Waals surface area contributed by atoms with Gasteiger partial charge in [-0.3, -0.25) is 4.90 Å². The van der Waals surface area contributed by atoms with Gasteiger partial charge in [0.05, 0.1) is 6.10 Å². The van der Waals surface area contributed by atoms with Crippen LogP contribution in [-0.2, 0) is 16.0 Å². The van der Waals surface area contributed by atoms with Gasteiger partial charge < -0.3 is 9.47 Å². The van der Waals surface area contributed by atoms with Crippen molar-refractivity contribution < 1.29 is 9.47 Å². The summed E-state index contributed by atoms with van der Waals surface area (Å²) in [6, 6.07) is 4.90. The Bertz CT molecular complexity index is 368. The molecule has 18 heavy (non-hydrogen) atoms. The summed E-state index contributed by atoms with van der Waals surface area (Å²) in [5, 5.41) is 2.15. The molecule has 100 valence electrons. The summed E-state index contributed by atoms with van der Waals surface area (Å²) in [7, 11) is 0. The minimum Gasteiger partial charge on any atom is -0.374 e. The Kier molecular flexibility index (Phi) is 3.99. The minimum atomic E-state index is 0.264. The topological polar surface area (TPSA) is 21.7 Å². The van der Waals surface area contributed by atoms with Crippen LogP contribution in [0.15, 0.2) is 17.5 Å². The highest BCUT2D eigenvalue weighted by Crippen LogP contribution is 2.32. The minimum absolute atomic E-state index is 0.264. The van der Waals surface area contributed by atoms with Gasteiger partial charge in [0.15, 0.2) is 0 Å². The van der Waals surface area contributed by atoms with Crippen LogP contribution in [0.4, 0.5) is 0 Å². The van der Waals surface area contributed by atoms with E-state index in [-0.39, 0.29) is 6.10 Å². The van der Waals surface area contributed by atoms with Gasteiger partial charge in [-0.1, -0.05) is 6.07 Å². The number of nitrogens with zero attached hydrogens (tertiary/aromatic N) is 1. The van der Waals surface area contributed by atoms with Crippen LogP contribution in [0, 0.1) is 0 Å². The lowest BCUT2D eigenvalue weighted by Gasteiger charge is -2.32. The lowest BCUT2D eigenvalue weighted by atomic mass is 10.0. The zero-order valence-electron chi connectivity index (χ0n) is 10.9. The molecule has 0 radical (unpaired) electrons. The number of thiophene rings is 1. The molecule has 3 nitrogen and oxygen atoms in total. The van der Waals surface area contributed by atoms with E-state index >= 15 is 0 Å². The van der Waals surface area contributed by atoms with Crippen molar-refractivity contribution in [3.63, 3.8) is 0 Å². The summed E-state index contributed by atoms with van der Waals surface area (Å²) in [5.41, 5.74) is 0. The van der Waals surface area contributed by atoms with Crippen molar-refractivity contribution in [3.8, 4) is 0 Å². The van der Waals surface area contributed by atoms with Crippen LogP contribution in [0.3, 0.4) is 0 Å². The van der Waals surface area contributed by atoms with Crippen molar-refractivity contribution >= 4 is 11.3 Å². The maximum Gasteiger partial charge on any atom is 0.100 e. The number of hydrogen-bond donors (Lipinski definition) is 0. The maximum atomic E-state index is 5.95. The van der Waals surface area contributed by atoms with Crippen molar-refractivity contribution in [1.29, 1.82) is 0 Å². The Morgan fingerprint density at radius 3 is 3.28 bits per heavy atom. The van der Waals surface area contributed by atoms with Crippen molar-refractivity contribution in [3.05, 3.63) is 22.4 Å². The van der Waals surface area contributed by atoms with E-state index in [1.54, 1.807) is 0 Å². The molecule has 0 N–H and O–H groups in total. The van der Waals surface area contributed by atoms with Gasteiger partial charge in [0, 0.05) is 37.2 Å². The smallest absolute Gasteiger partial charge is 0.100 e. The second-order valence-electron chi connectivity index (χ2n) is 5.05. The molecule has 3 atom stereocenters. The van der Waals surface area contributed by atoms with Gasteiger partial charge in [0.25, 0.3) is 0 Å². The molecule has 1 aromatic rings. The third-order valence-electron chi connectivity index (χ3n) is 3.90. The summed E-state index contributed by atoms with van der Waals surface area (Å²) in [6.45, 7) is 5.81. The molecule has 3 rings (SSSR count). The molecule has 2 aliphatic rings. The van der Waals surface area contributed by atoms with Gasteiger partial charge in [-0.2, -0.15) is 0 Å². The van der Waals surface area contributed by atoms with Crippen LogP contribution in [0.2, 0.25) is 0 Å². The van der Waals surface area contributed by atoms with Crippen molar-refractivity contribution in [2.45, 2.75) is 44.6 Å². The predicted molar refractivity (Wildman–Crippen MR) is 72.9 cm³/mol. The van der Waals surface area contributed by atoms with Gasteiger partial charge in [-0.25, -0.2) is 0 Å².